The zero-order chi connectivity index (χ0) is 10.7. The normalized spacial score (nSPS) is 51.7. The van der Waals surface area contributed by atoms with Crippen molar-refractivity contribution in [3.63, 3.8) is 0 Å². The van der Waals surface area contributed by atoms with Crippen molar-refractivity contribution in [2.75, 3.05) is 0 Å². The minimum atomic E-state index is -0.905. The highest BCUT2D eigenvalue weighted by Gasteiger charge is 2.64. The molecule has 0 aromatic heterocycles. The van der Waals surface area contributed by atoms with Gasteiger partial charge in [-0.2, -0.15) is 0 Å². The molecule has 5 heteroatoms. The second-order valence-corrected chi connectivity index (χ2v) is 5.14. The molecule has 1 saturated heterocycles. The minimum Gasteiger partial charge on any atom is -0.481 e. The fourth-order valence-electron chi connectivity index (χ4n) is 3.51. The number of alkyl halides is 1. The molecule has 6 atom stereocenters. The van der Waals surface area contributed by atoms with Crippen molar-refractivity contribution in [2.24, 2.45) is 23.7 Å². The summed E-state index contributed by atoms with van der Waals surface area (Å²) in [6.45, 7) is 0. The van der Waals surface area contributed by atoms with E-state index < -0.39 is 17.8 Å². The Kier molecular flexibility index (Phi) is 1.81. The zero-order valence-corrected chi connectivity index (χ0v) is 8.68. The van der Waals surface area contributed by atoms with Crippen molar-refractivity contribution in [3.05, 3.63) is 0 Å². The van der Waals surface area contributed by atoms with Gasteiger partial charge in [-0.3, -0.25) is 9.59 Å². The number of carbonyl (C=O) groups excluding carboxylic acids is 1. The highest BCUT2D eigenvalue weighted by molar-refractivity contribution is 6.22. The van der Waals surface area contributed by atoms with Gasteiger partial charge in [0.15, 0.2) is 0 Å². The molecule has 0 radical (unpaired) electrons. The summed E-state index contributed by atoms with van der Waals surface area (Å²) in [5.74, 6) is -2.40. The standard InChI is InChI=1S/C10H11ClO4/c11-7-3-1-2-4-6(5(3)9(12)13)10(14)15-8(4)7/h3-8H,1-2H2,(H,12,13). The Bertz CT molecular complexity index is 342. The summed E-state index contributed by atoms with van der Waals surface area (Å²) in [5, 5.41) is 8.84. The molecule has 1 aliphatic heterocycles. The van der Waals surface area contributed by atoms with Gasteiger partial charge >= 0.3 is 11.9 Å². The van der Waals surface area contributed by atoms with Crippen LogP contribution in [0.5, 0.6) is 0 Å². The minimum absolute atomic E-state index is 0.0334. The first-order valence-electron chi connectivity index (χ1n) is 5.18. The zero-order valence-electron chi connectivity index (χ0n) is 7.93. The average molecular weight is 231 g/mol. The van der Waals surface area contributed by atoms with Crippen molar-refractivity contribution >= 4 is 23.5 Å². The molecule has 4 bridgehead atoms. The van der Waals surface area contributed by atoms with Crippen LogP contribution >= 0.6 is 11.6 Å². The van der Waals surface area contributed by atoms with Crippen molar-refractivity contribution in [1.82, 2.24) is 0 Å². The molecule has 1 N–H and O–H groups in total. The summed E-state index contributed by atoms with van der Waals surface area (Å²) in [7, 11) is 0. The molecule has 4 rings (SSSR count). The van der Waals surface area contributed by atoms with Crippen LogP contribution in [-0.4, -0.2) is 28.5 Å². The third-order valence-corrected chi connectivity index (χ3v) is 4.67. The topological polar surface area (TPSA) is 63.6 Å². The fourth-order valence-corrected chi connectivity index (χ4v) is 4.03. The lowest BCUT2D eigenvalue weighted by atomic mass is 9.58. The first-order valence-corrected chi connectivity index (χ1v) is 5.62. The highest BCUT2D eigenvalue weighted by atomic mass is 35.5. The van der Waals surface area contributed by atoms with Gasteiger partial charge in [0, 0.05) is 5.92 Å². The van der Waals surface area contributed by atoms with Gasteiger partial charge in [-0.1, -0.05) is 0 Å². The van der Waals surface area contributed by atoms with E-state index in [1.807, 2.05) is 0 Å². The van der Waals surface area contributed by atoms with E-state index in [4.69, 9.17) is 21.4 Å². The number of hydrogen-bond donors (Lipinski definition) is 1. The monoisotopic (exact) mass is 230 g/mol. The first kappa shape index (κ1) is 9.46. The second kappa shape index (κ2) is 2.88. The van der Waals surface area contributed by atoms with Crippen LogP contribution in [0.3, 0.4) is 0 Å². The number of esters is 1. The van der Waals surface area contributed by atoms with Gasteiger partial charge in [-0.05, 0) is 18.8 Å². The van der Waals surface area contributed by atoms with E-state index in [2.05, 4.69) is 0 Å². The van der Waals surface area contributed by atoms with E-state index in [9.17, 15) is 9.59 Å². The van der Waals surface area contributed by atoms with E-state index in [1.165, 1.54) is 0 Å². The fraction of sp³-hybridized carbons (Fsp3) is 0.800. The number of hydrogen-bond acceptors (Lipinski definition) is 3. The van der Waals surface area contributed by atoms with Gasteiger partial charge in [0.1, 0.15) is 6.10 Å². The maximum Gasteiger partial charge on any atom is 0.310 e. The summed E-state index contributed by atoms with van der Waals surface area (Å²) >= 11 is 6.17. The predicted molar refractivity (Wildman–Crippen MR) is 50.4 cm³/mol. The van der Waals surface area contributed by atoms with E-state index in [0.717, 1.165) is 12.8 Å². The molecule has 3 aliphatic carbocycles. The lowest BCUT2D eigenvalue weighted by molar-refractivity contribution is -0.154. The molecule has 3 saturated carbocycles. The maximum atomic E-state index is 11.6. The molecule has 15 heavy (non-hydrogen) atoms. The van der Waals surface area contributed by atoms with Crippen LogP contribution in [0.1, 0.15) is 12.8 Å². The highest BCUT2D eigenvalue weighted by Crippen LogP contribution is 2.55. The lowest BCUT2D eigenvalue weighted by Crippen LogP contribution is -2.53. The number of carbonyl (C=O) groups is 2. The van der Waals surface area contributed by atoms with Gasteiger partial charge in [-0.15, -0.1) is 11.6 Å². The molecule has 4 aliphatic rings. The Balaban J connectivity index is 2.05. The third-order valence-electron chi connectivity index (χ3n) is 4.10. The Hall–Kier alpha value is -0.770. The first-order chi connectivity index (χ1) is 7.11. The summed E-state index contributed by atoms with van der Waals surface area (Å²) < 4.78 is 5.18. The Morgan fingerprint density at radius 3 is 2.73 bits per heavy atom. The van der Waals surface area contributed by atoms with Crippen LogP contribution in [-0.2, 0) is 14.3 Å². The van der Waals surface area contributed by atoms with Gasteiger partial charge in [0.05, 0.1) is 17.2 Å². The number of rotatable bonds is 1. The van der Waals surface area contributed by atoms with Gasteiger partial charge < -0.3 is 9.84 Å². The quantitative estimate of drug-likeness (QED) is 0.537. The molecular formula is C10H11ClO4. The number of halogens is 1. The molecule has 82 valence electrons. The average Bonchev–Trinajstić information content (AvgIpc) is 2.49. The predicted octanol–water partition coefficient (Wildman–Crippen LogP) is 0.876. The largest absolute Gasteiger partial charge is 0.481 e. The number of ether oxygens (including phenoxy) is 1. The van der Waals surface area contributed by atoms with Gasteiger partial charge in [0.25, 0.3) is 0 Å². The van der Waals surface area contributed by atoms with Crippen LogP contribution in [0.25, 0.3) is 0 Å². The van der Waals surface area contributed by atoms with Crippen LogP contribution in [0, 0.1) is 23.7 Å². The molecule has 0 spiro atoms. The van der Waals surface area contributed by atoms with E-state index in [-0.39, 0.29) is 29.3 Å². The van der Waals surface area contributed by atoms with Crippen molar-refractivity contribution in [1.29, 1.82) is 0 Å². The Labute approximate surface area is 91.5 Å². The van der Waals surface area contributed by atoms with Gasteiger partial charge in [-0.25, -0.2) is 0 Å². The number of fused-ring (bicyclic) bond motifs is 1. The molecule has 4 nitrogen and oxygen atoms in total. The smallest absolute Gasteiger partial charge is 0.310 e. The molecule has 0 aromatic rings. The molecule has 6 unspecified atom stereocenters. The number of aliphatic carboxylic acids is 1. The third kappa shape index (κ3) is 1.03. The SMILES string of the molecule is O=C(O)C1C2CCC3C(OC(=O)C31)C2Cl. The molecular weight excluding hydrogens is 220 g/mol. The van der Waals surface area contributed by atoms with Crippen molar-refractivity contribution in [2.45, 2.75) is 24.3 Å². The summed E-state index contributed by atoms with van der Waals surface area (Å²) in [6, 6.07) is 0. The van der Waals surface area contributed by atoms with Crippen LogP contribution in [0.2, 0.25) is 0 Å². The van der Waals surface area contributed by atoms with E-state index >= 15 is 0 Å². The maximum absolute atomic E-state index is 11.6. The van der Waals surface area contributed by atoms with Gasteiger partial charge in [0.2, 0.25) is 0 Å². The van der Waals surface area contributed by atoms with Crippen molar-refractivity contribution in [3.8, 4) is 0 Å². The summed E-state index contributed by atoms with van der Waals surface area (Å²) in [4.78, 5) is 22.7. The van der Waals surface area contributed by atoms with E-state index in [0.29, 0.717) is 0 Å². The molecule has 0 aromatic carbocycles. The Morgan fingerprint density at radius 2 is 2.07 bits per heavy atom. The molecule has 4 fully saturated rings. The van der Waals surface area contributed by atoms with Crippen LogP contribution in [0.4, 0.5) is 0 Å². The van der Waals surface area contributed by atoms with Crippen molar-refractivity contribution < 1.29 is 19.4 Å². The number of carboxylic acids is 1. The molecule has 1 heterocycles. The Morgan fingerprint density at radius 1 is 1.40 bits per heavy atom. The summed E-state index contributed by atoms with van der Waals surface area (Å²) in [5.41, 5.74) is 0. The molecule has 0 amide bonds. The number of carboxylic acid groups (broad SMARTS) is 1. The lowest BCUT2D eigenvalue weighted by Gasteiger charge is -2.45. The van der Waals surface area contributed by atoms with E-state index in [1.54, 1.807) is 0 Å². The van der Waals surface area contributed by atoms with Crippen LogP contribution < -0.4 is 0 Å². The second-order valence-electron chi connectivity index (χ2n) is 4.64. The summed E-state index contributed by atoms with van der Waals surface area (Å²) in [6.07, 6.45) is 1.44. The van der Waals surface area contributed by atoms with Crippen LogP contribution in [0.15, 0.2) is 0 Å².